The van der Waals surface area contributed by atoms with Gasteiger partial charge in [0.1, 0.15) is 0 Å². The van der Waals surface area contributed by atoms with Crippen LogP contribution in [0.3, 0.4) is 0 Å². The number of hydrogen-bond donors (Lipinski definition) is 0. The van der Waals surface area contributed by atoms with Gasteiger partial charge in [0, 0.05) is 0 Å². The Morgan fingerprint density at radius 1 is 1.25 bits per heavy atom. The molecule has 0 bridgehead atoms. The molecule has 0 saturated heterocycles. The quantitative estimate of drug-likeness (QED) is 0.346. The van der Waals surface area contributed by atoms with Crippen molar-refractivity contribution in [2.24, 2.45) is 0 Å². The number of unbranched alkanes of at least 4 members (excludes halogenated alkanes) is 2. The van der Waals surface area contributed by atoms with Crippen LogP contribution in [0.1, 0.15) is 19.3 Å². The van der Waals surface area contributed by atoms with Crippen LogP contribution in [0.15, 0.2) is 0 Å². The molecule has 0 rings (SSSR count). The second kappa shape index (κ2) is 24.0. The topological polar surface area (TPSA) is 0 Å². The predicted molar refractivity (Wildman–Crippen MR) is 30.3 cm³/mol. The standard InChI is InChI=1S/C5H10.2ClH.Sn/c1-3-5-4-2;;;/h1-5H2;2*1H;/q;;;+2/p-2. The van der Waals surface area contributed by atoms with Gasteiger partial charge in [0.25, 0.3) is 0 Å². The molecule has 0 atom stereocenters. The van der Waals surface area contributed by atoms with Crippen molar-refractivity contribution in [2.45, 2.75) is 19.3 Å². The third-order valence-electron chi connectivity index (χ3n) is 0.500. The van der Waals surface area contributed by atoms with Crippen LogP contribution in [0.2, 0.25) is 0 Å². The van der Waals surface area contributed by atoms with Gasteiger partial charge in [0.15, 0.2) is 0 Å². The van der Waals surface area contributed by atoms with Gasteiger partial charge in [-0.05, 0) is 6.42 Å². The van der Waals surface area contributed by atoms with Crippen LogP contribution < -0.4 is 24.8 Å². The maximum Gasteiger partial charge on any atom is 2.00 e. The van der Waals surface area contributed by atoms with Crippen LogP contribution >= 0.6 is 0 Å². The zero-order chi connectivity index (χ0) is 4.12. The summed E-state index contributed by atoms with van der Waals surface area (Å²) in [7, 11) is 0. The SMILES string of the molecule is [CH2+]CCC[CH2-].[Cl-].[Cl-].[Sn+2]. The van der Waals surface area contributed by atoms with Crippen molar-refractivity contribution >= 4 is 23.9 Å². The maximum absolute atomic E-state index is 3.64. The average Bonchev–Trinajstić information content (AvgIpc) is 1.41. The van der Waals surface area contributed by atoms with Crippen LogP contribution in [0, 0.1) is 13.8 Å². The van der Waals surface area contributed by atoms with Gasteiger partial charge in [-0.2, -0.15) is 6.42 Å². The van der Waals surface area contributed by atoms with Gasteiger partial charge >= 0.3 is 23.9 Å². The molecule has 0 saturated carbocycles. The summed E-state index contributed by atoms with van der Waals surface area (Å²) in [5.41, 5.74) is 0. The molecule has 0 amide bonds. The zero-order valence-corrected chi connectivity index (χ0v) is 9.16. The molecule has 0 fully saturated rings. The van der Waals surface area contributed by atoms with E-state index < -0.39 is 0 Å². The first kappa shape index (κ1) is 22.8. The molecular formula is C5H10Cl2Sn. The molecule has 0 aliphatic rings. The molecule has 0 aromatic carbocycles. The molecule has 0 nitrogen and oxygen atoms in total. The molecule has 0 heterocycles. The van der Waals surface area contributed by atoms with Crippen LogP contribution in [0.4, 0.5) is 0 Å². The van der Waals surface area contributed by atoms with Crippen LogP contribution in [0.25, 0.3) is 0 Å². The molecule has 8 heavy (non-hydrogen) atoms. The summed E-state index contributed by atoms with van der Waals surface area (Å²) < 4.78 is 0. The van der Waals surface area contributed by atoms with Crippen molar-refractivity contribution < 1.29 is 24.8 Å². The normalized spacial score (nSPS) is 5.12. The third kappa shape index (κ3) is 26.8. The molecule has 0 aliphatic carbocycles. The van der Waals surface area contributed by atoms with E-state index in [1.807, 2.05) is 0 Å². The van der Waals surface area contributed by atoms with E-state index in [4.69, 9.17) is 0 Å². The molecule has 0 unspecified atom stereocenters. The second-order valence-electron chi connectivity index (χ2n) is 1.06. The fraction of sp³-hybridized carbons (Fsp3) is 0.600. The Bertz CT molecular complexity index is 17.9. The minimum atomic E-state index is 0. The fourth-order valence-electron chi connectivity index (χ4n) is 0.177. The van der Waals surface area contributed by atoms with Gasteiger partial charge in [-0.15, -0.1) is 0 Å². The summed E-state index contributed by atoms with van der Waals surface area (Å²) in [4.78, 5) is 0. The Morgan fingerprint density at radius 3 is 1.62 bits per heavy atom. The molecular weight excluding hydrogens is 250 g/mol. The number of rotatable bonds is 2. The van der Waals surface area contributed by atoms with Crippen LogP contribution in [-0.2, 0) is 0 Å². The van der Waals surface area contributed by atoms with E-state index in [1.165, 1.54) is 6.42 Å². The monoisotopic (exact) mass is 260 g/mol. The fourth-order valence-corrected chi connectivity index (χ4v) is 0.177. The van der Waals surface area contributed by atoms with Gasteiger partial charge in [-0.25, -0.2) is 0 Å². The van der Waals surface area contributed by atoms with E-state index >= 15 is 0 Å². The van der Waals surface area contributed by atoms with E-state index in [0.717, 1.165) is 12.8 Å². The summed E-state index contributed by atoms with van der Waals surface area (Å²) in [5, 5.41) is 0. The number of halogens is 2. The zero-order valence-electron chi connectivity index (χ0n) is 4.79. The molecule has 0 aliphatic heterocycles. The van der Waals surface area contributed by atoms with Crippen molar-refractivity contribution in [3.05, 3.63) is 13.8 Å². The van der Waals surface area contributed by atoms with Crippen LogP contribution in [-0.4, -0.2) is 23.9 Å². The van der Waals surface area contributed by atoms with E-state index in [2.05, 4.69) is 13.8 Å². The van der Waals surface area contributed by atoms with Gasteiger partial charge in [0.05, 0.1) is 13.3 Å². The van der Waals surface area contributed by atoms with Gasteiger partial charge < -0.3 is 31.7 Å². The first-order valence-corrected chi connectivity index (χ1v) is 2.00. The Morgan fingerprint density at radius 2 is 1.62 bits per heavy atom. The first-order chi connectivity index (χ1) is 2.41. The summed E-state index contributed by atoms with van der Waals surface area (Å²) >= 11 is 0. The van der Waals surface area contributed by atoms with Gasteiger partial charge in [-0.1, -0.05) is 0 Å². The summed E-state index contributed by atoms with van der Waals surface area (Å²) in [6.07, 6.45) is 3.23. The molecule has 48 valence electrons. The minimum absolute atomic E-state index is 0. The largest absolute Gasteiger partial charge is 2.00 e. The summed E-state index contributed by atoms with van der Waals surface area (Å²) in [6.45, 7) is 7.27. The molecule has 3 heteroatoms. The summed E-state index contributed by atoms with van der Waals surface area (Å²) in [5.74, 6) is 0. The third-order valence-corrected chi connectivity index (χ3v) is 0.500. The Labute approximate surface area is 81.6 Å². The van der Waals surface area contributed by atoms with Crippen molar-refractivity contribution in [1.29, 1.82) is 0 Å². The molecule has 0 spiro atoms. The summed E-state index contributed by atoms with van der Waals surface area (Å²) in [6, 6.07) is 0. The van der Waals surface area contributed by atoms with Crippen LogP contribution in [0.5, 0.6) is 0 Å². The minimum Gasteiger partial charge on any atom is -1.00 e. The second-order valence-corrected chi connectivity index (χ2v) is 1.06. The Balaban J connectivity index is -0.0000000267. The number of hydrogen-bond acceptors (Lipinski definition) is 0. The van der Waals surface area contributed by atoms with Gasteiger partial charge in [-0.3, -0.25) is 0 Å². The van der Waals surface area contributed by atoms with E-state index in [1.54, 1.807) is 0 Å². The van der Waals surface area contributed by atoms with Crippen molar-refractivity contribution in [1.82, 2.24) is 0 Å². The average molecular weight is 260 g/mol. The van der Waals surface area contributed by atoms with Crippen molar-refractivity contribution in [3.8, 4) is 0 Å². The molecule has 0 N–H and O–H groups in total. The molecule has 0 aromatic heterocycles. The van der Waals surface area contributed by atoms with E-state index in [0.29, 0.717) is 0 Å². The van der Waals surface area contributed by atoms with E-state index in [-0.39, 0.29) is 48.7 Å². The van der Waals surface area contributed by atoms with E-state index in [9.17, 15) is 0 Å². The maximum atomic E-state index is 3.64. The molecule has 2 radical (unpaired) electrons. The Hall–Kier alpha value is 1.25. The predicted octanol–water partition coefficient (Wildman–Crippen LogP) is -4.55. The van der Waals surface area contributed by atoms with Gasteiger partial charge in [0.2, 0.25) is 0 Å². The smallest absolute Gasteiger partial charge is 1.00 e. The van der Waals surface area contributed by atoms with Crippen molar-refractivity contribution in [2.75, 3.05) is 0 Å². The molecule has 0 aromatic rings. The Kier molecular flexibility index (Phi) is 68.6. The van der Waals surface area contributed by atoms with Crippen molar-refractivity contribution in [3.63, 3.8) is 0 Å². The first-order valence-electron chi connectivity index (χ1n) is 2.00.